The second-order valence-electron chi connectivity index (χ2n) is 9.62. The Kier molecular flexibility index (Phi) is 7.84. The van der Waals surface area contributed by atoms with Gasteiger partial charge in [-0.1, -0.05) is 47.7 Å². The zero-order valence-electron chi connectivity index (χ0n) is 23.5. The molecule has 218 valence electrons. The van der Waals surface area contributed by atoms with E-state index in [9.17, 15) is 14.7 Å². The monoisotopic (exact) mass is 596 g/mol. The molecule has 43 heavy (non-hydrogen) atoms. The number of aliphatic hydroxyl groups is 1. The smallest absolute Gasteiger partial charge is 0.296 e. The predicted octanol–water partition coefficient (Wildman–Crippen LogP) is 7.05. The van der Waals surface area contributed by atoms with Gasteiger partial charge in [0.15, 0.2) is 28.1 Å². The lowest BCUT2D eigenvalue weighted by molar-refractivity contribution is -0.117. The minimum absolute atomic E-state index is 0.000276. The number of aromatic nitrogens is 1. The third-order valence-corrected chi connectivity index (χ3v) is 7.90. The first-order valence-corrected chi connectivity index (χ1v) is 14.6. The van der Waals surface area contributed by atoms with Gasteiger partial charge in [-0.15, -0.1) is 0 Å². The number of anilines is 1. The van der Waals surface area contributed by atoms with Crippen LogP contribution in [-0.2, 0) is 11.4 Å². The molecule has 9 nitrogen and oxygen atoms in total. The molecule has 3 heterocycles. The summed E-state index contributed by atoms with van der Waals surface area (Å²) in [5, 5.41) is 11.5. The number of Topliss-reactive ketones (excluding diaryl/α,β-unsaturated/α-hetero) is 1. The molecule has 1 amide bonds. The van der Waals surface area contributed by atoms with Gasteiger partial charge in [0.2, 0.25) is 5.78 Å². The lowest BCUT2D eigenvalue weighted by atomic mass is 9.95. The van der Waals surface area contributed by atoms with Gasteiger partial charge >= 0.3 is 0 Å². The molecule has 5 aromatic rings. The number of hydrogen-bond acceptors (Lipinski definition) is 9. The van der Waals surface area contributed by atoms with E-state index in [1.165, 1.54) is 28.6 Å². The van der Waals surface area contributed by atoms with Gasteiger partial charge in [-0.05, 0) is 67.4 Å². The quantitative estimate of drug-likeness (QED) is 0.162. The maximum Gasteiger partial charge on any atom is 0.296 e. The maximum absolute atomic E-state index is 13.7. The van der Waals surface area contributed by atoms with Crippen LogP contribution in [0.25, 0.3) is 10.2 Å². The lowest BCUT2D eigenvalue weighted by Crippen LogP contribution is -2.31. The predicted molar refractivity (Wildman–Crippen MR) is 162 cm³/mol. The van der Waals surface area contributed by atoms with Gasteiger partial charge in [0.25, 0.3) is 5.91 Å². The molecular weight excluding hydrogens is 568 g/mol. The normalized spacial score (nSPS) is 14.9. The number of aliphatic hydroxyl groups excluding tert-OH is 1. The van der Waals surface area contributed by atoms with Gasteiger partial charge in [-0.2, -0.15) is 0 Å². The van der Waals surface area contributed by atoms with Gasteiger partial charge < -0.3 is 23.7 Å². The Morgan fingerprint density at radius 3 is 2.51 bits per heavy atom. The number of amides is 1. The number of rotatable bonds is 11. The van der Waals surface area contributed by atoms with Crippen LogP contribution in [0.4, 0.5) is 5.13 Å². The van der Waals surface area contributed by atoms with E-state index >= 15 is 0 Å². The first kappa shape index (κ1) is 28.0. The van der Waals surface area contributed by atoms with Crippen molar-refractivity contribution < 1.29 is 33.3 Å². The second kappa shape index (κ2) is 12.0. The molecule has 0 spiro atoms. The summed E-state index contributed by atoms with van der Waals surface area (Å²) in [5.41, 5.74) is 2.05. The van der Waals surface area contributed by atoms with Gasteiger partial charge in [0, 0.05) is 0 Å². The van der Waals surface area contributed by atoms with E-state index in [4.69, 9.17) is 23.6 Å². The van der Waals surface area contributed by atoms with E-state index in [0.29, 0.717) is 53.3 Å². The van der Waals surface area contributed by atoms with Crippen LogP contribution in [0.1, 0.15) is 41.6 Å². The largest absolute Gasteiger partial charge is 0.503 e. The van der Waals surface area contributed by atoms with Crippen LogP contribution >= 0.6 is 11.3 Å². The SMILES string of the molecule is CCOc1ccc2nc(N3C(=O)C(O)=C(C(=O)c4ccco4)C3c3ccc(OCc4ccccc4)c(OCC)c3)sc2c1. The first-order valence-electron chi connectivity index (χ1n) is 13.8. The Balaban J connectivity index is 1.43. The van der Waals surface area contributed by atoms with Gasteiger partial charge in [-0.3, -0.25) is 14.5 Å². The van der Waals surface area contributed by atoms with Crippen molar-refractivity contribution in [3.05, 3.63) is 113 Å². The summed E-state index contributed by atoms with van der Waals surface area (Å²) in [4.78, 5) is 33.4. The molecule has 0 bridgehead atoms. The molecule has 10 heteroatoms. The lowest BCUT2D eigenvalue weighted by Gasteiger charge is -2.25. The Morgan fingerprint density at radius 1 is 0.953 bits per heavy atom. The fraction of sp³-hybridized carbons (Fsp3) is 0.182. The van der Waals surface area contributed by atoms with E-state index in [0.717, 1.165) is 10.3 Å². The number of carbonyl (C=O) groups is 2. The molecule has 2 aromatic heterocycles. The molecule has 0 fully saturated rings. The molecule has 0 saturated carbocycles. The Morgan fingerprint density at radius 2 is 1.77 bits per heavy atom. The fourth-order valence-electron chi connectivity index (χ4n) is 4.96. The van der Waals surface area contributed by atoms with Crippen LogP contribution in [0, 0.1) is 0 Å². The third kappa shape index (κ3) is 5.44. The van der Waals surface area contributed by atoms with Crippen LogP contribution in [-0.4, -0.2) is 35.0 Å². The maximum atomic E-state index is 13.7. The highest BCUT2D eigenvalue weighted by Crippen LogP contribution is 2.46. The number of carbonyl (C=O) groups excluding carboxylic acids is 2. The molecule has 1 N–H and O–H groups in total. The fourth-order valence-corrected chi connectivity index (χ4v) is 5.98. The van der Waals surface area contributed by atoms with E-state index in [1.807, 2.05) is 62.4 Å². The van der Waals surface area contributed by atoms with Crippen molar-refractivity contribution in [2.24, 2.45) is 0 Å². The third-order valence-electron chi connectivity index (χ3n) is 6.88. The standard InChI is InChI=1S/C33H28N2O7S/c1-3-39-22-13-14-23-27(18-22)43-33(34-23)35-29(28(31(37)32(35)38)30(36)25-11-8-16-41-25)21-12-15-24(26(17-21)40-4-2)42-19-20-9-6-5-7-10-20/h5-18,29,37H,3-4,19H2,1-2H3. The van der Waals surface area contributed by atoms with Crippen LogP contribution in [0.2, 0.25) is 0 Å². The highest BCUT2D eigenvalue weighted by atomic mass is 32.1. The average molecular weight is 597 g/mol. The summed E-state index contributed by atoms with van der Waals surface area (Å²) < 4.78 is 23.8. The summed E-state index contributed by atoms with van der Waals surface area (Å²) >= 11 is 1.26. The number of hydrogen-bond donors (Lipinski definition) is 1. The van der Waals surface area contributed by atoms with Gasteiger partial charge in [0.1, 0.15) is 12.4 Å². The van der Waals surface area contributed by atoms with Crippen LogP contribution in [0.15, 0.2) is 101 Å². The molecule has 1 aliphatic heterocycles. The van der Waals surface area contributed by atoms with Gasteiger partial charge in [-0.25, -0.2) is 4.98 Å². The zero-order valence-corrected chi connectivity index (χ0v) is 24.3. The van der Waals surface area contributed by atoms with Crippen LogP contribution in [0.3, 0.4) is 0 Å². The van der Waals surface area contributed by atoms with E-state index < -0.39 is 23.5 Å². The van der Waals surface area contributed by atoms with Crippen molar-refractivity contribution in [2.75, 3.05) is 18.1 Å². The molecule has 0 radical (unpaired) electrons. The minimum Gasteiger partial charge on any atom is -0.503 e. The average Bonchev–Trinajstić information content (AvgIpc) is 3.76. The second-order valence-corrected chi connectivity index (χ2v) is 10.6. The number of benzene rings is 3. The van der Waals surface area contributed by atoms with E-state index in [1.54, 1.807) is 24.3 Å². The zero-order chi connectivity index (χ0) is 29.9. The topological polar surface area (TPSA) is 111 Å². The summed E-state index contributed by atoms with van der Waals surface area (Å²) in [6.45, 7) is 4.95. The van der Waals surface area contributed by atoms with Gasteiger partial charge in [0.05, 0.1) is 41.3 Å². The first-order chi connectivity index (χ1) is 21.0. The Bertz CT molecular complexity index is 1810. The highest BCUT2D eigenvalue weighted by Gasteiger charge is 2.46. The van der Waals surface area contributed by atoms with E-state index in [-0.39, 0.29) is 11.3 Å². The molecule has 1 aliphatic rings. The van der Waals surface area contributed by atoms with Crippen LogP contribution < -0.4 is 19.1 Å². The molecule has 0 aliphatic carbocycles. The number of nitrogens with zero attached hydrogens (tertiary/aromatic N) is 2. The molecule has 3 aromatic carbocycles. The molecule has 6 rings (SSSR count). The van der Waals surface area contributed by atoms with Crippen molar-refractivity contribution in [3.8, 4) is 17.2 Å². The van der Waals surface area contributed by atoms with Crippen molar-refractivity contribution in [3.63, 3.8) is 0 Å². The number of ether oxygens (including phenoxy) is 3. The number of fused-ring (bicyclic) bond motifs is 1. The van der Waals surface area contributed by atoms with Crippen LogP contribution in [0.5, 0.6) is 17.2 Å². The summed E-state index contributed by atoms with van der Waals surface area (Å²) in [6, 6.07) is 22.5. The van der Waals surface area contributed by atoms with Crippen molar-refractivity contribution >= 4 is 38.4 Å². The number of thiazole rings is 1. The summed E-state index contributed by atoms with van der Waals surface area (Å²) in [7, 11) is 0. The number of ketones is 1. The summed E-state index contributed by atoms with van der Waals surface area (Å²) in [5.74, 6) is -0.401. The number of furan rings is 1. The molecular formula is C33H28N2O7S. The van der Waals surface area contributed by atoms with Crippen molar-refractivity contribution in [1.82, 2.24) is 4.98 Å². The Hall–Kier alpha value is -5.09. The Labute approximate surface area is 251 Å². The highest BCUT2D eigenvalue weighted by molar-refractivity contribution is 7.22. The minimum atomic E-state index is -1.01. The van der Waals surface area contributed by atoms with E-state index in [2.05, 4.69) is 0 Å². The molecule has 1 atom stereocenters. The molecule has 0 saturated heterocycles. The molecule has 1 unspecified atom stereocenters. The summed E-state index contributed by atoms with van der Waals surface area (Å²) in [6.07, 6.45) is 1.37. The van der Waals surface area contributed by atoms with Crippen molar-refractivity contribution in [1.29, 1.82) is 0 Å². The van der Waals surface area contributed by atoms with Crippen molar-refractivity contribution in [2.45, 2.75) is 26.5 Å².